The largest absolute Gasteiger partial charge is 0.345 e. The molecule has 0 aromatic carbocycles. The first-order valence-corrected chi connectivity index (χ1v) is 7.09. The summed E-state index contributed by atoms with van der Waals surface area (Å²) in [4.78, 5) is 7.18. The molecule has 1 aliphatic rings. The van der Waals surface area contributed by atoms with Crippen LogP contribution in [0.25, 0.3) is 0 Å². The number of nitrogens with zero attached hydrogens (tertiary/aromatic N) is 2. The van der Waals surface area contributed by atoms with Gasteiger partial charge in [0, 0.05) is 24.0 Å². The molecular weight excluding hydrogens is 218 g/mol. The summed E-state index contributed by atoms with van der Waals surface area (Å²) in [7, 11) is 0. The van der Waals surface area contributed by atoms with Gasteiger partial charge < -0.3 is 10.2 Å². The van der Waals surface area contributed by atoms with Gasteiger partial charge >= 0.3 is 0 Å². The van der Waals surface area contributed by atoms with Gasteiger partial charge in [-0.2, -0.15) is 0 Å². The first kappa shape index (κ1) is 11.9. The Labute approximate surface area is 102 Å². The fourth-order valence-corrected chi connectivity index (χ4v) is 3.01. The summed E-state index contributed by atoms with van der Waals surface area (Å²) in [6.45, 7) is 8.59. The summed E-state index contributed by atoms with van der Waals surface area (Å²) in [5.74, 6) is 0. The van der Waals surface area contributed by atoms with E-state index >= 15 is 0 Å². The molecule has 1 aromatic rings. The summed E-state index contributed by atoms with van der Waals surface area (Å²) in [5.41, 5.74) is 1.18. The van der Waals surface area contributed by atoms with Crippen molar-refractivity contribution in [1.29, 1.82) is 0 Å². The molecule has 1 atom stereocenters. The van der Waals surface area contributed by atoms with Crippen LogP contribution < -0.4 is 10.2 Å². The number of aromatic nitrogens is 1. The van der Waals surface area contributed by atoms with Gasteiger partial charge in [0.15, 0.2) is 5.13 Å². The lowest BCUT2D eigenvalue weighted by Crippen LogP contribution is -2.25. The Balaban J connectivity index is 2.05. The zero-order valence-electron chi connectivity index (χ0n) is 10.4. The molecule has 1 N–H and O–H groups in total. The zero-order chi connectivity index (χ0) is 11.5. The molecule has 0 radical (unpaired) electrons. The quantitative estimate of drug-likeness (QED) is 0.827. The summed E-state index contributed by atoms with van der Waals surface area (Å²) in [5, 5.41) is 6.79. The van der Waals surface area contributed by atoms with Gasteiger partial charge in [-0.25, -0.2) is 4.98 Å². The number of anilines is 1. The Morgan fingerprint density at radius 2 is 2.31 bits per heavy atom. The van der Waals surface area contributed by atoms with Gasteiger partial charge in [-0.05, 0) is 33.2 Å². The van der Waals surface area contributed by atoms with Crippen molar-refractivity contribution in [2.45, 2.75) is 45.7 Å². The van der Waals surface area contributed by atoms with Gasteiger partial charge in [0.1, 0.15) is 0 Å². The van der Waals surface area contributed by atoms with Crippen LogP contribution >= 0.6 is 11.3 Å². The normalized spacial score (nSPS) is 17.4. The van der Waals surface area contributed by atoms with Gasteiger partial charge in [0.25, 0.3) is 0 Å². The fourth-order valence-electron chi connectivity index (χ4n) is 1.95. The van der Waals surface area contributed by atoms with Crippen molar-refractivity contribution in [2.24, 2.45) is 0 Å². The monoisotopic (exact) mass is 239 g/mol. The fraction of sp³-hybridized carbons (Fsp3) is 0.750. The van der Waals surface area contributed by atoms with Gasteiger partial charge in [0.05, 0.1) is 5.69 Å². The maximum Gasteiger partial charge on any atom is 0.185 e. The Morgan fingerprint density at radius 3 is 2.88 bits per heavy atom. The van der Waals surface area contributed by atoms with Crippen LogP contribution in [0.1, 0.15) is 45.3 Å². The third-order valence-corrected chi connectivity index (χ3v) is 3.93. The maximum absolute atomic E-state index is 4.74. The van der Waals surface area contributed by atoms with Gasteiger partial charge in [0.2, 0.25) is 0 Å². The Kier molecular flexibility index (Phi) is 3.82. The lowest BCUT2D eigenvalue weighted by Gasteiger charge is -2.18. The molecule has 1 saturated carbocycles. The van der Waals surface area contributed by atoms with E-state index in [4.69, 9.17) is 4.98 Å². The van der Waals surface area contributed by atoms with Gasteiger partial charge in [-0.3, -0.25) is 0 Å². The van der Waals surface area contributed by atoms with Crippen LogP contribution in [0.2, 0.25) is 0 Å². The molecule has 3 nitrogen and oxygen atoms in total. The Hall–Kier alpha value is -0.610. The number of thiazole rings is 1. The average molecular weight is 239 g/mol. The van der Waals surface area contributed by atoms with Gasteiger partial charge in [-0.1, -0.05) is 6.92 Å². The first-order valence-electron chi connectivity index (χ1n) is 6.21. The molecule has 0 bridgehead atoms. The minimum Gasteiger partial charge on any atom is -0.345 e. The molecule has 4 heteroatoms. The lowest BCUT2D eigenvalue weighted by molar-refractivity contribution is 0.585. The van der Waals surface area contributed by atoms with E-state index < -0.39 is 0 Å². The second-order valence-corrected chi connectivity index (χ2v) is 5.19. The molecule has 1 aromatic heterocycles. The van der Waals surface area contributed by atoms with E-state index in [9.17, 15) is 0 Å². The summed E-state index contributed by atoms with van der Waals surface area (Å²) in [6, 6.07) is 1.13. The van der Waals surface area contributed by atoms with Crippen LogP contribution in [0.5, 0.6) is 0 Å². The van der Waals surface area contributed by atoms with E-state index in [1.165, 1.54) is 23.7 Å². The molecule has 0 spiro atoms. The van der Waals surface area contributed by atoms with E-state index in [0.29, 0.717) is 6.04 Å². The third kappa shape index (κ3) is 2.55. The summed E-state index contributed by atoms with van der Waals surface area (Å²) in [6.07, 6.45) is 2.68. The number of rotatable bonds is 6. The molecule has 2 rings (SSSR count). The standard InChI is InChI=1S/C12H21N3S/c1-4-13-9(3)11-8-16-12(14-11)15(5-2)10-6-7-10/h8-10,13H,4-7H2,1-3H3. The van der Waals surface area contributed by atoms with Crippen molar-refractivity contribution in [3.8, 4) is 0 Å². The number of nitrogens with one attached hydrogen (secondary N) is 1. The lowest BCUT2D eigenvalue weighted by atomic mass is 10.3. The second-order valence-electron chi connectivity index (χ2n) is 4.35. The minimum absolute atomic E-state index is 0.368. The molecule has 90 valence electrons. The van der Waals surface area contributed by atoms with Crippen LogP contribution in [0, 0.1) is 0 Å². The van der Waals surface area contributed by atoms with E-state index in [-0.39, 0.29) is 0 Å². The third-order valence-electron chi connectivity index (χ3n) is 3.04. The topological polar surface area (TPSA) is 28.2 Å². The molecule has 1 heterocycles. The van der Waals surface area contributed by atoms with Crippen molar-refractivity contribution < 1.29 is 0 Å². The second kappa shape index (κ2) is 5.15. The van der Waals surface area contributed by atoms with E-state index in [1.807, 2.05) is 0 Å². The van der Waals surface area contributed by atoms with Crippen LogP contribution in [-0.4, -0.2) is 24.1 Å². The van der Waals surface area contributed by atoms with Crippen molar-refractivity contribution in [1.82, 2.24) is 10.3 Å². The molecule has 16 heavy (non-hydrogen) atoms. The van der Waals surface area contributed by atoms with Crippen LogP contribution in [-0.2, 0) is 0 Å². The number of hydrogen-bond acceptors (Lipinski definition) is 4. The van der Waals surface area contributed by atoms with E-state index in [1.54, 1.807) is 11.3 Å². The summed E-state index contributed by atoms with van der Waals surface area (Å²) >= 11 is 1.78. The maximum atomic E-state index is 4.74. The molecule has 0 amide bonds. The summed E-state index contributed by atoms with van der Waals surface area (Å²) < 4.78 is 0. The van der Waals surface area contributed by atoms with Crippen molar-refractivity contribution in [3.63, 3.8) is 0 Å². The molecule has 1 fully saturated rings. The number of hydrogen-bond donors (Lipinski definition) is 1. The van der Waals surface area contributed by atoms with Gasteiger partial charge in [-0.15, -0.1) is 11.3 Å². The minimum atomic E-state index is 0.368. The molecule has 1 aliphatic carbocycles. The van der Waals surface area contributed by atoms with Crippen molar-refractivity contribution in [3.05, 3.63) is 11.1 Å². The highest BCUT2D eigenvalue weighted by molar-refractivity contribution is 7.13. The van der Waals surface area contributed by atoms with Crippen molar-refractivity contribution >= 4 is 16.5 Å². The van der Waals surface area contributed by atoms with Crippen LogP contribution in [0.15, 0.2) is 5.38 Å². The molecule has 1 unspecified atom stereocenters. The van der Waals surface area contributed by atoms with Crippen molar-refractivity contribution in [2.75, 3.05) is 18.0 Å². The predicted molar refractivity (Wildman–Crippen MR) is 70.2 cm³/mol. The van der Waals surface area contributed by atoms with Crippen LogP contribution in [0.4, 0.5) is 5.13 Å². The van der Waals surface area contributed by atoms with E-state index in [2.05, 4.69) is 36.4 Å². The Morgan fingerprint density at radius 1 is 1.56 bits per heavy atom. The highest BCUT2D eigenvalue weighted by Crippen LogP contribution is 2.33. The highest BCUT2D eigenvalue weighted by Gasteiger charge is 2.29. The highest BCUT2D eigenvalue weighted by atomic mass is 32.1. The molecule has 0 aliphatic heterocycles. The Bertz CT molecular complexity index is 333. The SMILES string of the molecule is CCNC(C)c1csc(N(CC)C2CC2)n1. The molecular formula is C12H21N3S. The molecule has 0 saturated heterocycles. The predicted octanol–water partition coefficient (Wildman–Crippen LogP) is 2.80. The van der Waals surface area contributed by atoms with E-state index in [0.717, 1.165) is 19.1 Å². The first-order chi connectivity index (χ1) is 7.76. The zero-order valence-corrected chi connectivity index (χ0v) is 11.2. The van der Waals surface area contributed by atoms with Crippen LogP contribution in [0.3, 0.4) is 0 Å². The smallest absolute Gasteiger partial charge is 0.185 e. The average Bonchev–Trinajstić information content (AvgIpc) is 2.97.